The normalized spacial score (nSPS) is 16.7. The van der Waals surface area contributed by atoms with Crippen molar-refractivity contribution in [2.45, 2.75) is 92.7 Å². The van der Waals surface area contributed by atoms with Crippen molar-refractivity contribution in [3.05, 3.63) is 0 Å². The van der Waals surface area contributed by atoms with Gasteiger partial charge in [0.15, 0.2) is 0 Å². The van der Waals surface area contributed by atoms with E-state index in [1.807, 2.05) is 13.8 Å². The van der Waals surface area contributed by atoms with Crippen LogP contribution in [0.5, 0.6) is 0 Å². The highest BCUT2D eigenvalue weighted by Crippen LogP contribution is 2.24. The molecule has 0 aromatic rings. The summed E-state index contributed by atoms with van der Waals surface area (Å²) in [5.74, 6) is -0.514. The van der Waals surface area contributed by atoms with Crippen LogP contribution in [0.3, 0.4) is 0 Å². The summed E-state index contributed by atoms with van der Waals surface area (Å²) in [7, 11) is 0. The van der Waals surface area contributed by atoms with Crippen molar-refractivity contribution in [1.29, 1.82) is 0 Å². The zero-order valence-corrected chi connectivity index (χ0v) is 19.4. The Hall–Kier alpha value is -1.63. The Morgan fingerprint density at radius 2 is 1.69 bits per heavy atom. The second-order valence-electron chi connectivity index (χ2n) is 8.04. The summed E-state index contributed by atoms with van der Waals surface area (Å²) in [5.41, 5.74) is -0.849. The Morgan fingerprint density at radius 3 is 2.21 bits per heavy atom. The van der Waals surface area contributed by atoms with Crippen molar-refractivity contribution in [3.8, 4) is 0 Å². The average Bonchev–Trinajstić information content (AvgIpc) is 2.70. The lowest BCUT2D eigenvalue weighted by Crippen LogP contribution is -2.54. The van der Waals surface area contributed by atoms with E-state index >= 15 is 0 Å². The Kier molecular flexibility index (Phi) is 13.6. The van der Waals surface area contributed by atoms with Crippen molar-refractivity contribution in [3.63, 3.8) is 0 Å². The number of hydrogen-bond donors (Lipinski definition) is 2. The summed E-state index contributed by atoms with van der Waals surface area (Å²) in [6.07, 6.45) is 5.57. The van der Waals surface area contributed by atoms with Gasteiger partial charge in [0.25, 0.3) is 0 Å². The van der Waals surface area contributed by atoms with E-state index in [4.69, 9.17) is 9.47 Å². The quantitative estimate of drug-likeness (QED) is 0.535. The van der Waals surface area contributed by atoms with Crippen LogP contribution in [-0.4, -0.2) is 49.7 Å². The average molecular weight is 415 g/mol. The lowest BCUT2D eigenvalue weighted by Gasteiger charge is -2.29. The van der Waals surface area contributed by atoms with E-state index in [2.05, 4.69) is 10.6 Å². The van der Waals surface area contributed by atoms with Gasteiger partial charge in [0.2, 0.25) is 11.8 Å². The van der Waals surface area contributed by atoms with Gasteiger partial charge in [0.05, 0.1) is 18.1 Å². The van der Waals surface area contributed by atoms with Crippen LogP contribution >= 0.6 is 0 Å². The number of nitrogens with one attached hydrogen (secondary N) is 2. The lowest BCUT2D eigenvalue weighted by atomic mass is 9.90. The molecule has 1 fully saturated rings. The van der Waals surface area contributed by atoms with Crippen molar-refractivity contribution in [2.24, 2.45) is 11.3 Å². The third-order valence-electron chi connectivity index (χ3n) is 4.96. The van der Waals surface area contributed by atoms with E-state index in [9.17, 15) is 14.4 Å². The molecule has 1 saturated carbocycles. The van der Waals surface area contributed by atoms with Gasteiger partial charge < -0.3 is 20.1 Å². The largest absolute Gasteiger partial charge is 0.466 e. The van der Waals surface area contributed by atoms with Crippen LogP contribution in [0.2, 0.25) is 0 Å². The summed E-state index contributed by atoms with van der Waals surface area (Å²) >= 11 is 0. The molecule has 1 rings (SSSR count). The summed E-state index contributed by atoms with van der Waals surface area (Å²) in [5, 5.41) is 5.42. The second-order valence-corrected chi connectivity index (χ2v) is 8.04. The van der Waals surface area contributed by atoms with E-state index < -0.39 is 17.6 Å². The Morgan fingerprint density at radius 1 is 1.10 bits per heavy atom. The predicted octanol–water partition coefficient (Wildman–Crippen LogP) is 3.21. The fraction of sp³-hybridized carbons (Fsp3) is 0.864. The molecule has 2 N–H and O–H groups in total. The van der Waals surface area contributed by atoms with Gasteiger partial charge in [-0.15, -0.1) is 0 Å². The number of esters is 1. The molecule has 29 heavy (non-hydrogen) atoms. The lowest BCUT2D eigenvalue weighted by molar-refractivity contribution is -0.153. The highest BCUT2D eigenvalue weighted by molar-refractivity contribution is 5.88. The number of carbonyl (C=O) groups excluding carboxylic acids is 3. The summed E-state index contributed by atoms with van der Waals surface area (Å²) < 4.78 is 10.9. The zero-order chi connectivity index (χ0) is 22.4. The smallest absolute Gasteiger partial charge is 0.313 e. The van der Waals surface area contributed by atoms with Crippen LogP contribution in [-0.2, 0) is 23.9 Å². The predicted molar refractivity (Wildman–Crippen MR) is 114 cm³/mol. The second kappa shape index (κ2) is 14.4. The summed E-state index contributed by atoms with van der Waals surface area (Å²) in [6.45, 7) is 13.3. The minimum Gasteiger partial charge on any atom is -0.466 e. The summed E-state index contributed by atoms with van der Waals surface area (Å²) in [6, 6.07) is -0.802. The minimum absolute atomic E-state index is 0.121. The molecule has 2 amide bonds. The van der Waals surface area contributed by atoms with E-state index in [-0.39, 0.29) is 30.9 Å². The molecule has 0 aromatic carbocycles. The highest BCUT2D eigenvalue weighted by atomic mass is 16.5. The molecule has 170 valence electrons. The van der Waals surface area contributed by atoms with Crippen LogP contribution in [0, 0.1) is 11.3 Å². The number of hydrogen-bond acceptors (Lipinski definition) is 5. The summed E-state index contributed by atoms with van der Waals surface area (Å²) in [4.78, 5) is 36.2. The van der Waals surface area contributed by atoms with E-state index in [0.717, 1.165) is 12.8 Å². The number of amides is 2. The first kappa shape index (κ1) is 27.4. The van der Waals surface area contributed by atoms with Crippen molar-refractivity contribution >= 4 is 17.8 Å². The van der Waals surface area contributed by atoms with Crippen molar-refractivity contribution in [1.82, 2.24) is 10.6 Å². The maximum Gasteiger partial charge on any atom is 0.313 e. The maximum absolute atomic E-state index is 12.6. The van der Waals surface area contributed by atoms with Crippen LogP contribution < -0.4 is 10.6 Å². The fourth-order valence-electron chi connectivity index (χ4n) is 3.17. The van der Waals surface area contributed by atoms with Gasteiger partial charge in [0.1, 0.15) is 6.04 Å². The molecule has 7 nitrogen and oxygen atoms in total. The molecular formula is C22H42N2O5. The molecule has 0 spiro atoms. The molecule has 0 saturated heterocycles. The molecule has 7 heteroatoms. The fourth-order valence-corrected chi connectivity index (χ4v) is 3.17. The standard InChI is InChI=1S/C20H36N2O5.C2H6/c1-6-26-19(25)20(4,5)13-21-18(24)17(22-15(3)23)14(2)27-12-16-10-8-7-9-11-16;1-2/h14,16-17H,6-13H2,1-5H3,(H,21,24)(H,22,23);1-2H3. The first-order valence-corrected chi connectivity index (χ1v) is 11.0. The Labute approximate surface area is 176 Å². The van der Waals surface area contributed by atoms with Gasteiger partial charge in [-0.05, 0) is 46.5 Å². The molecular weight excluding hydrogens is 372 g/mol. The van der Waals surface area contributed by atoms with Gasteiger partial charge in [-0.25, -0.2) is 0 Å². The first-order valence-electron chi connectivity index (χ1n) is 11.0. The van der Waals surface area contributed by atoms with Crippen LogP contribution in [0.25, 0.3) is 0 Å². The third-order valence-corrected chi connectivity index (χ3v) is 4.96. The molecule has 0 heterocycles. The SMILES string of the molecule is CC.CCOC(=O)C(C)(C)CNC(=O)C(NC(C)=O)C(C)OCC1CCCCC1. The van der Waals surface area contributed by atoms with Crippen molar-refractivity contribution < 1.29 is 23.9 Å². The molecule has 1 aliphatic rings. The molecule has 0 aromatic heterocycles. The number of carbonyl (C=O) groups is 3. The Bertz CT molecular complexity index is 501. The monoisotopic (exact) mass is 414 g/mol. The van der Waals surface area contributed by atoms with Gasteiger partial charge in [-0.1, -0.05) is 33.1 Å². The van der Waals surface area contributed by atoms with Crippen LogP contribution in [0.15, 0.2) is 0 Å². The highest BCUT2D eigenvalue weighted by Gasteiger charge is 2.33. The topological polar surface area (TPSA) is 93.7 Å². The van der Waals surface area contributed by atoms with Gasteiger partial charge in [-0.2, -0.15) is 0 Å². The molecule has 2 unspecified atom stereocenters. The van der Waals surface area contributed by atoms with E-state index in [0.29, 0.717) is 12.5 Å². The van der Waals surface area contributed by atoms with Crippen LogP contribution in [0.1, 0.15) is 80.6 Å². The zero-order valence-electron chi connectivity index (χ0n) is 19.4. The number of ether oxygens (including phenoxy) is 2. The van der Waals surface area contributed by atoms with Gasteiger partial charge in [0, 0.05) is 20.1 Å². The molecule has 0 radical (unpaired) electrons. The maximum atomic E-state index is 12.6. The molecule has 2 atom stereocenters. The molecule has 0 aliphatic heterocycles. The van der Waals surface area contributed by atoms with E-state index in [1.165, 1.54) is 26.2 Å². The third kappa shape index (κ3) is 10.6. The minimum atomic E-state index is -0.849. The van der Waals surface area contributed by atoms with E-state index in [1.54, 1.807) is 27.7 Å². The van der Waals surface area contributed by atoms with Crippen molar-refractivity contribution in [2.75, 3.05) is 19.8 Å². The molecule has 0 bridgehead atoms. The Balaban J connectivity index is 0.00000379. The first-order chi connectivity index (χ1) is 13.7. The van der Waals surface area contributed by atoms with Gasteiger partial charge >= 0.3 is 5.97 Å². The van der Waals surface area contributed by atoms with Gasteiger partial charge in [-0.3, -0.25) is 14.4 Å². The van der Waals surface area contributed by atoms with Crippen LogP contribution in [0.4, 0.5) is 0 Å². The molecule has 1 aliphatic carbocycles. The number of rotatable bonds is 10.